The molecule has 1 aromatic carbocycles. The van der Waals surface area contributed by atoms with E-state index in [1.54, 1.807) is 25.1 Å². The van der Waals surface area contributed by atoms with Gasteiger partial charge in [0.2, 0.25) is 0 Å². The summed E-state index contributed by atoms with van der Waals surface area (Å²) >= 11 is 4.14. The fraction of sp³-hybridized carbons (Fsp3) is 0.538. The van der Waals surface area contributed by atoms with Crippen molar-refractivity contribution in [2.75, 3.05) is 12.4 Å². The van der Waals surface area contributed by atoms with Crippen LogP contribution in [0.3, 0.4) is 0 Å². The van der Waals surface area contributed by atoms with Gasteiger partial charge in [0.05, 0.1) is 11.5 Å². The van der Waals surface area contributed by atoms with Crippen molar-refractivity contribution in [3.63, 3.8) is 0 Å². The molecule has 1 rings (SSSR count). The molecular weight excluding hydrogens is 250 g/mol. The van der Waals surface area contributed by atoms with E-state index in [0.717, 1.165) is 31.4 Å². The van der Waals surface area contributed by atoms with E-state index in [9.17, 15) is 10.1 Å². The first-order chi connectivity index (χ1) is 8.66. The predicted octanol–water partition coefficient (Wildman–Crippen LogP) is 3.77. The lowest BCUT2D eigenvalue weighted by Gasteiger charge is -2.07. The maximum absolute atomic E-state index is 10.9. The quantitative estimate of drug-likeness (QED) is 0.338. The van der Waals surface area contributed by atoms with E-state index in [4.69, 9.17) is 4.74 Å². The molecule has 0 atom stereocenters. The van der Waals surface area contributed by atoms with Crippen molar-refractivity contribution >= 4 is 18.3 Å². The Kier molecular flexibility index (Phi) is 6.57. The zero-order valence-electron chi connectivity index (χ0n) is 10.6. The topological polar surface area (TPSA) is 52.4 Å². The lowest BCUT2D eigenvalue weighted by atomic mass is 10.2. The average molecular weight is 269 g/mol. The molecule has 0 unspecified atom stereocenters. The molecule has 0 amide bonds. The summed E-state index contributed by atoms with van der Waals surface area (Å²) in [5, 5.41) is 10.9. The highest BCUT2D eigenvalue weighted by Crippen LogP contribution is 2.30. The van der Waals surface area contributed by atoms with Crippen LogP contribution in [0.5, 0.6) is 5.75 Å². The molecule has 0 saturated carbocycles. The Morgan fingerprint density at radius 1 is 1.28 bits per heavy atom. The fourth-order valence-corrected chi connectivity index (χ4v) is 1.96. The van der Waals surface area contributed by atoms with Crippen LogP contribution >= 0.6 is 12.6 Å². The van der Waals surface area contributed by atoms with E-state index in [1.165, 1.54) is 0 Å². The molecule has 5 heteroatoms. The Morgan fingerprint density at radius 2 is 2.00 bits per heavy atom. The summed E-state index contributed by atoms with van der Waals surface area (Å²) < 4.78 is 5.50. The molecule has 100 valence electrons. The van der Waals surface area contributed by atoms with Crippen LogP contribution in [0.1, 0.15) is 31.2 Å². The van der Waals surface area contributed by atoms with Crippen LogP contribution in [0.2, 0.25) is 0 Å². The predicted molar refractivity (Wildman–Crippen MR) is 75.6 cm³/mol. The maximum Gasteiger partial charge on any atom is 0.313 e. The number of hydrogen-bond donors (Lipinski definition) is 1. The molecule has 4 nitrogen and oxygen atoms in total. The molecule has 0 saturated heterocycles. The monoisotopic (exact) mass is 269 g/mol. The summed E-state index contributed by atoms with van der Waals surface area (Å²) in [6.45, 7) is 2.24. The van der Waals surface area contributed by atoms with Crippen molar-refractivity contribution in [2.45, 2.75) is 32.6 Å². The first kappa shape index (κ1) is 14.8. The van der Waals surface area contributed by atoms with Gasteiger partial charge in [-0.05, 0) is 31.6 Å². The summed E-state index contributed by atoms with van der Waals surface area (Å²) in [5.41, 5.74) is 0.709. The van der Waals surface area contributed by atoms with Crippen LogP contribution < -0.4 is 4.74 Å². The molecule has 0 aliphatic heterocycles. The van der Waals surface area contributed by atoms with Gasteiger partial charge in [-0.25, -0.2) is 0 Å². The van der Waals surface area contributed by atoms with Crippen molar-refractivity contribution in [3.8, 4) is 5.75 Å². The van der Waals surface area contributed by atoms with Crippen LogP contribution in [0.4, 0.5) is 5.69 Å². The van der Waals surface area contributed by atoms with E-state index < -0.39 is 0 Å². The smallest absolute Gasteiger partial charge is 0.313 e. The number of para-hydroxylation sites is 1. The first-order valence-corrected chi connectivity index (χ1v) is 6.77. The molecule has 0 spiro atoms. The van der Waals surface area contributed by atoms with Crippen LogP contribution in [0.25, 0.3) is 0 Å². The lowest BCUT2D eigenvalue weighted by Crippen LogP contribution is -2.02. The van der Waals surface area contributed by atoms with Gasteiger partial charge in [0.25, 0.3) is 0 Å². The van der Waals surface area contributed by atoms with Gasteiger partial charge in [-0.3, -0.25) is 10.1 Å². The third-order valence-corrected chi connectivity index (χ3v) is 3.01. The molecule has 0 N–H and O–H groups in total. The highest BCUT2D eigenvalue weighted by molar-refractivity contribution is 7.80. The van der Waals surface area contributed by atoms with Gasteiger partial charge in [-0.1, -0.05) is 25.0 Å². The van der Waals surface area contributed by atoms with Gasteiger partial charge < -0.3 is 4.74 Å². The van der Waals surface area contributed by atoms with Crippen LogP contribution in [-0.4, -0.2) is 17.3 Å². The lowest BCUT2D eigenvalue weighted by molar-refractivity contribution is -0.386. The van der Waals surface area contributed by atoms with Crippen LogP contribution in [0, 0.1) is 17.0 Å². The van der Waals surface area contributed by atoms with Gasteiger partial charge in [0.15, 0.2) is 5.75 Å². The largest absolute Gasteiger partial charge is 0.487 e. The molecule has 0 fully saturated rings. The zero-order valence-corrected chi connectivity index (χ0v) is 11.5. The number of ether oxygens (including phenoxy) is 1. The van der Waals surface area contributed by atoms with Crippen molar-refractivity contribution in [1.29, 1.82) is 0 Å². The van der Waals surface area contributed by atoms with Gasteiger partial charge in [0, 0.05) is 5.56 Å². The van der Waals surface area contributed by atoms with Crippen molar-refractivity contribution in [1.82, 2.24) is 0 Å². The Hall–Kier alpha value is -1.23. The highest BCUT2D eigenvalue weighted by atomic mass is 32.1. The van der Waals surface area contributed by atoms with E-state index in [2.05, 4.69) is 12.6 Å². The molecule has 0 radical (unpaired) electrons. The van der Waals surface area contributed by atoms with E-state index in [1.807, 2.05) is 0 Å². The van der Waals surface area contributed by atoms with Crippen LogP contribution in [0.15, 0.2) is 18.2 Å². The molecular formula is C13H19NO3S. The van der Waals surface area contributed by atoms with Gasteiger partial charge in [0.1, 0.15) is 0 Å². The minimum absolute atomic E-state index is 0.0767. The summed E-state index contributed by atoms with van der Waals surface area (Å²) in [7, 11) is 0. The normalized spacial score (nSPS) is 10.3. The van der Waals surface area contributed by atoms with Crippen molar-refractivity contribution in [2.24, 2.45) is 0 Å². The SMILES string of the molecule is Cc1cccc(OCCCCCCS)c1[N+](=O)[O-]. The zero-order chi connectivity index (χ0) is 13.4. The van der Waals surface area contributed by atoms with Gasteiger partial charge >= 0.3 is 5.69 Å². The average Bonchev–Trinajstić information content (AvgIpc) is 2.33. The number of hydrogen-bond acceptors (Lipinski definition) is 4. The van der Waals surface area contributed by atoms with Crippen molar-refractivity contribution < 1.29 is 9.66 Å². The highest BCUT2D eigenvalue weighted by Gasteiger charge is 2.17. The number of thiol groups is 1. The molecule has 0 aliphatic carbocycles. The Labute approximate surface area is 113 Å². The van der Waals surface area contributed by atoms with E-state index >= 15 is 0 Å². The molecule has 1 aromatic rings. The van der Waals surface area contributed by atoms with E-state index in [-0.39, 0.29) is 10.6 Å². The second-order valence-corrected chi connectivity index (χ2v) is 4.61. The Balaban J connectivity index is 2.47. The number of aryl methyl sites for hydroxylation is 1. The van der Waals surface area contributed by atoms with Crippen molar-refractivity contribution in [3.05, 3.63) is 33.9 Å². The molecule has 0 aromatic heterocycles. The summed E-state index contributed by atoms with van der Waals surface area (Å²) in [6.07, 6.45) is 4.22. The summed E-state index contributed by atoms with van der Waals surface area (Å²) in [4.78, 5) is 10.6. The number of nitrogens with zero attached hydrogens (tertiary/aromatic N) is 1. The second-order valence-electron chi connectivity index (χ2n) is 4.17. The number of nitro groups is 1. The summed E-state index contributed by atoms with van der Waals surface area (Å²) in [6, 6.07) is 5.15. The molecule has 0 bridgehead atoms. The Bertz CT molecular complexity index is 396. The van der Waals surface area contributed by atoms with Gasteiger partial charge in [-0.15, -0.1) is 0 Å². The first-order valence-electron chi connectivity index (χ1n) is 6.14. The minimum Gasteiger partial charge on any atom is -0.487 e. The molecule has 18 heavy (non-hydrogen) atoms. The van der Waals surface area contributed by atoms with Crippen LogP contribution in [-0.2, 0) is 0 Å². The number of unbranched alkanes of at least 4 members (excludes halogenated alkanes) is 3. The number of nitro benzene ring substituents is 1. The summed E-state index contributed by atoms with van der Waals surface area (Å²) in [5.74, 6) is 1.28. The third kappa shape index (κ3) is 4.56. The standard InChI is InChI=1S/C13H19NO3S/c1-11-7-6-8-12(13(11)14(15)16)17-9-4-2-3-5-10-18/h6-8,18H,2-5,9-10H2,1H3. The number of benzene rings is 1. The van der Waals surface area contributed by atoms with Gasteiger partial charge in [-0.2, -0.15) is 12.6 Å². The third-order valence-electron chi connectivity index (χ3n) is 2.69. The second kappa shape index (κ2) is 7.97. The molecule has 0 heterocycles. The Morgan fingerprint density at radius 3 is 2.67 bits per heavy atom. The minimum atomic E-state index is -0.383. The number of rotatable bonds is 8. The maximum atomic E-state index is 10.9. The molecule has 0 aliphatic rings. The fourth-order valence-electron chi connectivity index (χ4n) is 1.73. The van der Waals surface area contributed by atoms with E-state index in [0.29, 0.717) is 17.9 Å².